The van der Waals surface area contributed by atoms with Crippen LogP contribution in [0.2, 0.25) is 0 Å². The van der Waals surface area contributed by atoms with Gasteiger partial charge in [-0.15, -0.1) is 0 Å². The van der Waals surface area contributed by atoms with Crippen molar-refractivity contribution in [3.63, 3.8) is 0 Å². The van der Waals surface area contributed by atoms with E-state index in [-0.39, 0.29) is 30.4 Å². The molecule has 0 unspecified atom stereocenters. The number of benzene rings is 2. The van der Waals surface area contributed by atoms with E-state index in [9.17, 15) is 22.8 Å². The number of hydrogen-bond acceptors (Lipinski definition) is 9. The lowest BCUT2D eigenvalue weighted by Gasteiger charge is -2.23. The van der Waals surface area contributed by atoms with Crippen LogP contribution in [0.25, 0.3) is 0 Å². The lowest BCUT2D eigenvalue weighted by Crippen LogP contribution is -2.42. The smallest absolute Gasteiger partial charge is 0.422 e. The topological polar surface area (TPSA) is 143 Å². The van der Waals surface area contributed by atoms with E-state index in [2.05, 4.69) is 36.2 Å². The summed E-state index contributed by atoms with van der Waals surface area (Å²) >= 11 is 0. The molecule has 0 spiro atoms. The normalized spacial score (nSPS) is 14.9. The highest BCUT2D eigenvalue weighted by molar-refractivity contribution is 5.94. The summed E-state index contributed by atoms with van der Waals surface area (Å²) in [6.07, 6.45) is -3.41. The Hall–Kier alpha value is -4.82. The summed E-state index contributed by atoms with van der Waals surface area (Å²) in [5.74, 6) is 0.295. The third-order valence-electron chi connectivity index (χ3n) is 6.10. The summed E-state index contributed by atoms with van der Waals surface area (Å²) in [4.78, 5) is 39.0. The van der Waals surface area contributed by atoms with E-state index in [1.165, 1.54) is 0 Å². The number of hydrogen-bond donors (Lipinski definition) is 4. The number of carbonyl (C=O) groups is 2. The Labute approximate surface area is 246 Å². The predicted octanol–water partition coefficient (Wildman–Crippen LogP) is 4.10. The number of halogens is 3. The maximum atomic E-state index is 12.8. The third kappa shape index (κ3) is 10.2. The molecule has 0 atom stereocenters. The average molecular weight is 603 g/mol. The molecule has 5 heterocycles. The van der Waals surface area contributed by atoms with Crippen LogP contribution in [0.15, 0.2) is 48.5 Å². The van der Waals surface area contributed by atoms with Crippen LogP contribution in [-0.2, 0) is 6.54 Å². The zero-order chi connectivity index (χ0) is 30.7. The van der Waals surface area contributed by atoms with Crippen LogP contribution in [0.1, 0.15) is 35.7 Å². The van der Waals surface area contributed by atoms with Crippen LogP contribution in [0, 0.1) is 0 Å². The quantitative estimate of drug-likeness (QED) is 0.349. The highest BCUT2D eigenvalue weighted by Crippen LogP contribution is 2.21. The van der Waals surface area contributed by atoms with Gasteiger partial charge in [-0.05, 0) is 61.7 Å². The highest BCUT2D eigenvalue weighted by Gasteiger charge is 2.29. The first-order valence-electron chi connectivity index (χ1n) is 13.8. The van der Waals surface area contributed by atoms with E-state index < -0.39 is 18.8 Å². The molecule has 1 aromatic heterocycles. The van der Waals surface area contributed by atoms with Gasteiger partial charge in [0.25, 0.3) is 5.91 Å². The summed E-state index contributed by atoms with van der Waals surface area (Å²) in [6.45, 7) is 2.75. The fourth-order valence-corrected chi connectivity index (χ4v) is 4.02. The van der Waals surface area contributed by atoms with E-state index in [0.29, 0.717) is 62.6 Å². The minimum absolute atomic E-state index is 0.00267. The van der Waals surface area contributed by atoms with Gasteiger partial charge in [-0.3, -0.25) is 4.79 Å². The molecule has 0 fully saturated rings. The zero-order valence-electron chi connectivity index (χ0n) is 23.5. The van der Waals surface area contributed by atoms with Crippen LogP contribution < -0.4 is 30.7 Å². The molecule has 15 heteroatoms. The van der Waals surface area contributed by atoms with Crippen molar-refractivity contribution in [3.8, 4) is 11.8 Å². The molecule has 3 amide bonds. The van der Waals surface area contributed by atoms with Gasteiger partial charge < -0.3 is 35.6 Å². The van der Waals surface area contributed by atoms with Gasteiger partial charge in [0.1, 0.15) is 5.75 Å². The maximum Gasteiger partial charge on any atom is 0.422 e. The number of nitrogens with zero attached hydrogens (tertiary/aromatic N) is 4. The summed E-state index contributed by atoms with van der Waals surface area (Å²) in [5.41, 5.74) is 1.72. The largest absolute Gasteiger partial charge is 0.494 e. The van der Waals surface area contributed by atoms with Gasteiger partial charge in [-0.25, -0.2) is 4.79 Å². The second kappa shape index (κ2) is 14.9. The molecule has 6 bridgehead atoms. The number of rotatable bonds is 3. The van der Waals surface area contributed by atoms with Crippen molar-refractivity contribution in [2.45, 2.75) is 32.5 Å². The minimum atomic E-state index is -4.57. The summed E-state index contributed by atoms with van der Waals surface area (Å²) in [6, 6.07) is 13.0. The Morgan fingerprint density at radius 1 is 1.00 bits per heavy atom. The number of ether oxygens (including phenoxy) is 2. The molecule has 4 aliphatic rings. The van der Waals surface area contributed by atoms with Gasteiger partial charge >= 0.3 is 18.2 Å². The van der Waals surface area contributed by atoms with Crippen LogP contribution in [0.3, 0.4) is 0 Å². The van der Waals surface area contributed by atoms with Gasteiger partial charge in [-0.1, -0.05) is 12.1 Å². The lowest BCUT2D eigenvalue weighted by molar-refractivity contribution is -0.154. The predicted molar refractivity (Wildman–Crippen MR) is 153 cm³/mol. The van der Waals surface area contributed by atoms with Gasteiger partial charge in [0.15, 0.2) is 6.61 Å². The molecule has 0 saturated heterocycles. The Kier molecular flexibility index (Phi) is 10.8. The molecular weight excluding hydrogens is 569 g/mol. The van der Waals surface area contributed by atoms with Crippen molar-refractivity contribution in [3.05, 3.63) is 59.7 Å². The SMILES string of the molecule is CCNC(=O)N1CCCNC(=O)c2ccc(cc2)Nc2nc(nc(OCC(F)(F)F)n2)NCc2ccc(cc2)OCCC1. The lowest BCUT2D eigenvalue weighted by atomic mass is 10.2. The first-order valence-corrected chi connectivity index (χ1v) is 13.8. The number of alkyl halides is 3. The van der Waals surface area contributed by atoms with E-state index in [1.807, 2.05) is 19.1 Å². The zero-order valence-corrected chi connectivity index (χ0v) is 23.5. The second-order valence-electron chi connectivity index (χ2n) is 9.50. The van der Waals surface area contributed by atoms with Crippen molar-refractivity contribution >= 4 is 29.5 Å². The van der Waals surface area contributed by atoms with Crippen molar-refractivity contribution in [1.82, 2.24) is 30.5 Å². The van der Waals surface area contributed by atoms with E-state index in [4.69, 9.17) is 9.47 Å². The number of nitrogens with one attached hydrogen (secondary N) is 4. The molecule has 4 aliphatic heterocycles. The molecule has 0 aliphatic carbocycles. The van der Waals surface area contributed by atoms with E-state index in [1.54, 1.807) is 41.3 Å². The monoisotopic (exact) mass is 602 g/mol. The molecule has 7 rings (SSSR count). The summed E-state index contributed by atoms with van der Waals surface area (Å²) in [5, 5.41) is 11.5. The molecule has 0 radical (unpaired) electrons. The van der Waals surface area contributed by atoms with Gasteiger partial charge in [-0.2, -0.15) is 28.1 Å². The molecule has 0 saturated carbocycles. The van der Waals surface area contributed by atoms with Crippen LogP contribution >= 0.6 is 0 Å². The van der Waals surface area contributed by atoms with E-state index >= 15 is 0 Å². The first kappa shape index (κ1) is 31.1. The fourth-order valence-electron chi connectivity index (χ4n) is 4.02. The highest BCUT2D eigenvalue weighted by atomic mass is 19.4. The Morgan fingerprint density at radius 3 is 2.44 bits per heavy atom. The summed E-state index contributed by atoms with van der Waals surface area (Å²) in [7, 11) is 0. The number of amides is 3. The van der Waals surface area contributed by atoms with Gasteiger partial charge in [0.05, 0.1) is 6.61 Å². The van der Waals surface area contributed by atoms with Crippen LogP contribution in [-0.4, -0.2) is 77.4 Å². The fraction of sp³-hybridized carbons (Fsp3) is 0.393. The minimum Gasteiger partial charge on any atom is -0.494 e. The molecular formula is C28H33F3N8O4. The van der Waals surface area contributed by atoms with Gasteiger partial charge in [0, 0.05) is 44.0 Å². The Balaban J connectivity index is 1.53. The van der Waals surface area contributed by atoms with E-state index in [0.717, 1.165) is 5.56 Å². The molecule has 4 N–H and O–H groups in total. The first-order chi connectivity index (χ1) is 20.7. The van der Waals surface area contributed by atoms with Gasteiger partial charge in [0.2, 0.25) is 11.9 Å². The van der Waals surface area contributed by atoms with Crippen LogP contribution in [0.4, 0.5) is 35.5 Å². The molecule has 12 nitrogen and oxygen atoms in total. The maximum absolute atomic E-state index is 12.8. The van der Waals surface area contributed by atoms with Crippen molar-refractivity contribution in [2.75, 3.05) is 50.0 Å². The number of aromatic nitrogens is 3. The second-order valence-corrected chi connectivity index (χ2v) is 9.50. The molecule has 2 aromatic carbocycles. The Bertz CT molecular complexity index is 1360. The summed E-state index contributed by atoms with van der Waals surface area (Å²) < 4.78 is 48.9. The number of anilines is 3. The Morgan fingerprint density at radius 2 is 1.72 bits per heavy atom. The van der Waals surface area contributed by atoms with Crippen molar-refractivity contribution in [1.29, 1.82) is 0 Å². The number of carbonyl (C=O) groups excluding carboxylic acids is 2. The molecule has 3 aromatic rings. The number of urea groups is 1. The van der Waals surface area contributed by atoms with Crippen LogP contribution in [0.5, 0.6) is 11.8 Å². The standard InChI is InChI=1S/C28H33F3N8O4/c1-2-32-27(41)39-14-3-13-33-23(40)20-7-9-21(10-8-20)35-25-36-24(37-26(38-25)43-18-28(29,30)31)34-17-19-5-11-22(12-6-19)42-16-4-15-39/h5-12H,2-4,13-18H2,1H3,(H,32,41)(H,33,40)(H2,34,35,36,37,38). The average Bonchev–Trinajstić information content (AvgIpc) is 2.98. The third-order valence-corrected chi connectivity index (χ3v) is 6.10. The van der Waals surface area contributed by atoms with Crippen molar-refractivity contribution in [2.24, 2.45) is 0 Å². The van der Waals surface area contributed by atoms with Crippen molar-refractivity contribution < 1.29 is 32.2 Å². The molecule has 230 valence electrons. The molecule has 43 heavy (non-hydrogen) atoms.